The molecule has 0 aliphatic carbocycles. The number of ether oxygens (including phenoxy) is 1. The minimum atomic E-state index is -0.833. The van der Waals surface area contributed by atoms with Crippen LogP contribution < -0.4 is 0 Å². The SMILES string of the molecule is CC(=O)O.CCCCCOCC. The molecule has 12 heavy (non-hydrogen) atoms. The number of carbonyl (C=O) groups is 1. The Kier molecular flexibility index (Phi) is 15.2. The van der Waals surface area contributed by atoms with Crippen molar-refractivity contribution in [2.75, 3.05) is 13.2 Å². The Morgan fingerprint density at radius 1 is 1.33 bits per heavy atom. The summed E-state index contributed by atoms with van der Waals surface area (Å²) < 4.78 is 5.14. The van der Waals surface area contributed by atoms with Crippen molar-refractivity contribution in [3.63, 3.8) is 0 Å². The minimum absolute atomic E-state index is 0.833. The summed E-state index contributed by atoms with van der Waals surface area (Å²) in [5.74, 6) is -0.833. The van der Waals surface area contributed by atoms with Crippen molar-refractivity contribution in [3.05, 3.63) is 0 Å². The van der Waals surface area contributed by atoms with Gasteiger partial charge in [-0.15, -0.1) is 0 Å². The average Bonchev–Trinajstić information content (AvgIpc) is 1.97. The second kappa shape index (κ2) is 13.1. The van der Waals surface area contributed by atoms with Crippen LogP contribution in [0.25, 0.3) is 0 Å². The summed E-state index contributed by atoms with van der Waals surface area (Å²) >= 11 is 0. The van der Waals surface area contributed by atoms with Crippen LogP contribution in [0.5, 0.6) is 0 Å². The molecule has 0 fully saturated rings. The molecule has 0 aromatic rings. The van der Waals surface area contributed by atoms with Crippen molar-refractivity contribution in [1.29, 1.82) is 0 Å². The zero-order valence-corrected chi connectivity index (χ0v) is 8.30. The van der Waals surface area contributed by atoms with E-state index in [2.05, 4.69) is 6.92 Å². The van der Waals surface area contributed by atoms with Gasteiger partial charge in [0, 0.05) is 20.1 Å². The molecule has 0 bridgehead atoms. The van der Waals surface area contributed by atoms with Crippen LogP contribution in [-0.4, -0.2) is 24.3 Å². The zero-order valence-electron chi connectivity index (χ0n) is 8.30. The van der Waals surface area contributed by atoms with Gasteiger partial charge in [0.15, 0.2) is 0 Å². The lowest BCUT2D eigenvalue weighted by molar-refractivity contribution is -0.134. The van der Waals surface area contributed by atoms with E-state index in [0.717, 1.165) is 20.1 Å². The molecule has 0 atom stereocenters. The Hall–Kier alpha value is -0.570. The summed E-state index contributed by atoms with van der Waals surface area (Å²) in [7, 11) is 0. The standard InChI is InChI=1S/C7H16O.C2H4O2/c1-3-5-6-7-8-4-2;1-2(3)4/h3-7H2,1-2H3;1H3,(H,3,4). The highest BCUT2D eigenvalue weighted by Gasteiger charge is 1.82. The highest BCUT2D eigenvalue weighted by atomic mass is 16.5. The first-order chi connectivity index (χ1) is 5.65. The molecule has 0 aromatic heterocycles. The molecule has 1 N–H and O–H groups in total. The van der Waals surface area contributed by atoms with Crippen molar-refractivity contribution in [1.82, 2.24) is 0 Å². The number of hydrogen-bond acceptors (Lipinski definition) is 2. The summed E-state index contributed by atoms with van der Waals surface area (Å²) in [6.45, 7) is 7.13. The third-order valence-corrected chi connectivity index (χ3v) is 1.10. The molecule has 0 saturated carbocycles. The fraction of sp³-hybridized carbons (Fsp3) is 0.889. The van der Waals surface area contributed by atoms with Crippen LogP contribution in [0.15, 0.2) is 0 Å². The van der Waals surface area contributed by atoms with Crippen LogP contribution in [-0.2, 0) is 9.53 Å². The van der Waals surface area contributed by atoms with Gasteiger partial charge >= 0.3 is 0 Å². The topological polar surface area (TPSA) is 46.5 Å². The number of aliphatic carboxylic acids is 1. The Morgan fingerprint density at radius 2 is 1.83 bits per heavy atom. The predicted octanol–water partition coefficient (Wildman–Crippen LogP) is 2.30. The average molecular weight is 176 g/mol. The number of unbranched alkanes of at least 4 members (excludes halogenated alkanes) is 2. The van der Waals surface area contributed by atoms with Gasteiger partial charge in [-0.3, -0.25) is 4.79 Å². The van der Waals surface area contributed by atoms with Crippen molar-refractivity contribution >= 4 is 5.97 Å². The van der Waals surface area contributed by atoms with E-state index in [1.165, 1.54) is 19.3 Å². The van der Waals surface area contributed by atoms with E-state index in [9.17, 15) is 0 Å². The van der Waals surface area contributed by atoms with E-state index in [0.29, 0.717) is 0 Å². The Labute approximate surface area is 74.7 Å². The second-order valence-electron chi connectivity index (χ2n) is 2.42. The van der Waals surface area contributed by atoms with Gasteiger partial charge < -0.3 is 9.84 Å². The quantitative estimate of drug-likeness (QED) is 0.654. The molecule has 0 saturated heterocycles. The third kappa shape index (κ3) is 34.1. The molecule has 74 valence electrons. The van der Waals surface area contributed by atoms with Gasteiger partial charge in [-0.1, -0.05) is 19.8 Å². The molecule has 0 unspecified atom stereocenters. The van der Waals surface area contributed by atoms with Crippen LogP contribution in [0, 0.1) is 0 Å². The first-order valence-electron chi connectivity index (χ1n) is 4.42. The monoisotopic (exact) mass is 176 g/mol. The molecule has 0 rings (SSSR count). The van der Waals surface area contributed by atoms with E-state index in [4.69, 9.17) is 14.6 Å². The molecule has 0 radical (unpaired) electrons. The lowest BCUT2D eigenvalue weighted by Crippen LogP contribution is -1.91. The normalized spacial score (nSPS) is 8.58. The molecule has 3 nitrogen and oxygen atoms in total. The molecular weight excluding hydrogens is 156 g/mol. The molecule has 0 heterocycles. The maximum absolute atomic E-state index is 9.00. The van der Waals surface area contributed by atoms with Crippen molar-refractivity contribution in [2.24, 2.45) is 0 Å². The summed E-state index contributed by atoms with van der Waals surface area (Å²) in [6, 6.07) is 0. The summed E-state index contributed by atoms with van der Waals surface area (Å²) in [5.41, 5.74) is 0. The number of carboxylic acid groups (broad SMARTS) is 1. The van der Waals surface area contributed by atoms with Crippen LogP contribution >= 0.6 is 0 Å². The zero-order chi connectivity index (χ0) is 9.82. The van der Waals surface area contributed by atoms with E-state index in [1.54, 1.807) is 0 Å². The van der Waals surface area contributed by atoms with E-state index >= 15 is 0 Å². The first-order valence-corrected chi connectivity index (χ1v) is 4.42. The number of rotatable bonds is 5. The summed E-state index contributed by atoms with van der Waals surface area (Å²) in [6.07, 6.45) is 3.82. The van der Waals surface area contributed by atoms with Gasteiger partial charge in [0.1, 0.15) is 0 Å². The summed E-state index contributed by atoms with van der Waals surface area (Å²) in [4.78, 5) is 9.00. The van der Waals surface area contributed by atoms with Crippen LogP contribution in [0.1, 0.15) is 40.0 Å². The molecule has 0 amide bonds. The van der Waals surface area contributed by atoms with Gasteiger partial charge in [0.25, 0.3) is 5.97 Å². The molecule has 0 aliphatic heterocycles. The highest BCUT2D eigenvalue weighted by Crippen LogP contribution is 1.92. The largest absolute Gasteiger partial charge is 0.481 e. The molecule has 0 aromatic carbocycles. The van der Waals surface area contributed by atoms with E-state index < -0.39 is 5.97 Å². The predicted molar refractivity (Wildman–Crippen MR) is 49.3 cm³/mol. The van der Waals surface area contributed by atoms with Crippen LogP contribution in [0.4, 0.5) is 0 Å². The molecule has 0 aliphatic rings. The van der Waals surface area contributed by atoms with Crippen LogP contribution in [0.3, 0.4) is 0 Å². The Bertz CT molecular complexity index is 81.8. The van der Waals surface area contributed by atoms with Gasteiger partial charge in [0.2, 0.25) is 0 Å². The van der Waals surface area contributed by atoms with E-state index in [-0.39, 0.29) is 0 Å². The summed E-state index contributed by atoms with van der Waals surface area (Å²) in [5, 5.41) is 7.42. The first kappa shape index (κ1) is 14.0. The Balaban J connectivity index is 0. The van der Waals surface area contributed by atoms with Gasteiger partial charge in [-0.25, -0.2) is 0 Å². The molecule has 0 spiro atoms. The second-order valence-corrected chi connectivity index (χ2v) is 2.42. The number of carboxylic acids is 1. The molecular formula is C9H20O3. The fourth-order valence-corrected chi connectivity index (χ4v) is 0.598. The van der Waals surface area contributed by atoms with Gasteiger partial charge in [0.05, 0.1) is 0 Å². The van der Waals surface area contributed by atoms with Crippen molar-refractivity contribution in [3.8, 4) is 0 Å². The molecule has 3 heteroatoms. The van der Waals surface area contributed by atoms with Gasteiger partial charge in [-0.2, -0.15) is 0 Å². The fourth-order valence-electron chi connectivity index (χ4n) is 0.598. The smallest absolute Gasteiger partial charge is 0.300 e. The van der Waals surface area contributed by atoms with E-state index in [1.807, 2.05) is 6.92 Å². The number of hydrogen-bond donors (Lipinski definition) is 1. The third-order valence-electron chi connectivity index (χ3n) is 1.10. The lowest BCUT2D eigenvalue weighted by Gasteiger charge is -1.96. The van der Waals surface area contributed by atoms with Crippen molar-refractivity contribution in [2.45, 2.75) is 40.0 Å². The van der Waals surface area contributed by atoms with Gasteiger partial charge in [-0.05, 0) is 13.3 Å². The maximum Gasteiger partial charge on any atom is 0.300 e. The minimum Gasteiger partial charge on any atom is -0.481 e. The Morgan fingerprint density at radius 3 is 2.17 bits per heavy atom. The maximum atomic E-state index is 9.00. The van der Waals surface area contributed by atoms with Crippen molar-refractivity contribution < 1.29 is 14.6 Å². The highest BCUT2D eigenvalue weighted by molar-refractivity contribution is 5.62. The van der Waals surface area contributed by atoms with Crippen LogP contribution in [0.2, 0.25) is 0 Å². The lowest BCUT2D eigenvalue weighted by atomic mass is 10.3.